The average Bonchev–Trinajstić information content (AvgIpc) is 3.17. The minimum absolute atomic E-state index is 0.0150. The minimum Gasteiger partial charge on any atom is -0.466 e. The molecule has 1 amide bonds. The molecule has 4 atom stereocenters. The van der Waals surface area contributed by atoms with Gasteiger partial charge in [-0.15, -0.1) is 0 Å². The predicted molar refractivity (Wildman–Crippen MR) is 82.2 cm³/mol. The smallest absolute Gasteiger partial charge is 0.312 e. The molecule has 1 aromatic carbocycles. The number of fused-ring (bicyclic) bond motifs is 1. The molecule has 0 unspecified atom stereocenters. The lowest BCUT2D eigenvalue weighted by atomic mass is 9.77. The average molecular weight is 313 g/mol. The molecule has 0 saturated carbocycles. The Labute approximate surface area is 134 Å². The summed E-state index contributed by atoms with van der Waals surface area (Å²) in [6.45, 7) is 3.12. The van der Waals surface area contributed by atoms with Gasteiger partial charge in [0.1, 0.15) is 11.5 Å². The molecule has 23 heavy (non-hydrogen) atoms. The Hall–Kier alpha value is -2.14. The predicted octanol–water partition coefficient (Wildman–Crippen LogP) is 1.53. The lowest BCUT2D eigenvalue weighted by Crippen LogP contribution is -2.39. The summed E-state index contributed by atoms with van der Waals surface area (Å²) in [6.07, 6.45) is 3.53. The first kappa shape index (κ1) is 14.5. The zero-order chi connectivity index (χ0) is 16.0. The van der Waals surface area contributed by atoms with Crippen molar-refractivity contribution in [3.63, 3.8) is 0 Å². The second-order valence-corrected chi connectivity index (χ2v) is 6.33. The molecule has 5 nitrogen and oxygen atoms in total. The van der Waals surface area contributed by atoms with E-state index < -0.39 is 17.4 Å². The Morgan fingerprint density at radius 3 is 2.91 bits per heavy atom. The lowest BCUT2D eigenvalue weighted by Gasteiger charge is -2.22. The van der Waals surface area contributed by atoms with Gasteiger partial charge in [0, 0.05) is 6.54 Å². The number of hydrogen-bond donors (Lipinski definition) is 0. The van der Waals surface area contributed by atoms with Crippen molar-refractivity contribution in [1.29, 1.82) is 0 Å². The molecule has 0 aliphatic carbocycles. The van der Waals surface area contributed by atoms with Crippen molar-refractivity contribution in [1.82, 2.24) is 4.90 Å². The van der Waals surface area contributed by atoms with Crippen LogP contribution in [0.15, 0.2) is 42.5 Å². The molecule has 4 rings (SSSR count). The third-order valence-corrected chi connectivity index (χ3v) is 4.95. The maximum absolute atomic E-state index is 12.9. The van der Waals surface area contributed by atoms with Gasteiger partial charge in [0.25, 0.3) is 0 Å². The van der Waals surface area contributed by atoms with E-state index in [0.717, 1.165) is 5.56 Å². The lowest BCUT2D eigenvalue weighted by molar-refractivity contribution is -0.153. The van der Waals surface area contributed by atoms with Gasteiger partial charge in [0.2, 0.25) is 5.91 Å². The quantitative estimate of drug-likeness (QED) is 0.625. The number of carbonyl (C=O) groups excluding carboxylic acids is 2. The van der Waals surface area contributed by atoms with Crippen LogP contribution in [0.4, 0.5) is 0 Å². The van der Waals surface area contributed by atoms with Gasteiger partial charge in [-0.2, -0.15) is 0 Å². The van der Waals surface area contributed by atoms with Gasteiger partial charge in [-0.3, -0.25) is 9.59 Å². The molecule has 1 spiro atoms. The molecule has 2 saturated heterocycles. The highest BCUT2D eigenvalue weighted by atomic mass is 16.6. The Bertz CT molecular complexity index is 671. The van der Waals surface area contributed by atoms with Gasteiger partial charge >= 0.3 is 5.97 Å². The zero-order valence-corrected chi connectivity index (χ0v) is 13.0. The van der Waals surface area contributed by atoms with Crippen LogP contribution in [0.1, 0.15) is 12.5 Å². The highest BCUT2D eigenvalue weighted by Crippen LogP contribution is 2.52. The third kappa shape index (κ3) is 2.10. The zero-order valence-electron chi connectivity index (χ0n) is 13.0. The Morgan fingerprint density at radius 2 is 2.17 bits per heavy atom. The van der Waals surface area contributed by atoms with E-state index in [1.807, 2.05) is 42.5 Å². The number of carbonyl (C=O) groups is 2. The number of likely N-dealkylation sites (tertiary alicyclic amines) is 1. The molecule has 0 N–H and O–H groups in total. The number of esters is 1. The van der Waals surface area contributed by atoms with E-state index in [4.69, 9.17) is 9.47 Å². The third-order valence-electron chi connectivity index (χ3n) is 4.95. The normalized spacial score (nSPS) is 34.0. The molecule has 0 radical (unpaired) electrons. The van der Waals surface area contributed by atoms with Gasteiger partial charge in [-0.1, -0.05) is 42.5 Å². The van der Waals surface area contributed by atoms with Gasteiger partial charge in [-0.25, -0.2) is 0 Å². The van der Waals surface area contributed by atoms with E-state index in [1.54, 1.807) is 11.8 Å². The standard InChI is InChI=1S/C18H19NO4/c1-2-22-17(21)14-13-8-9-18(23-13)11-19(16(20)15(14)18)10-12-6-4-3-5-7-12/h3-9,13-15H,2,10-11H2,1H3/t13-,14-,15+,18-/m1/s1. The molecule has 0 aromatic heterocycles. The Morgan fingerprint density at radius 1 is 1.39 bits per heavy atom. The van der Waals surface area contributed by atoms with Crippen LogP contribution in [0.3, 0.4) is 0 Å². The Balaban J connectivity index is 1.60. The summed E-state index contributed by atoms with van der Waals surface area (Å²) in [6, 6.07) is 9.86. The van der Waals surface area contributed by atoms with Crippen LogP contribution >= 0.6 is 0 Å². The van der Waals surface area contributed by atoms with Crippen molar-refractivity contribution in [2.24, 2.45) is 11.8 Å². The van der Waals surface area contributed by atoms with Crippen molar-refractivity contribution in [3.05, 3.63) is 48.0 Å². The number of benzene rings is 1. The van der Waals surface area contributed by atoms with E-state index in [9.17, 15) is 9.59 Å². The molecular formula is C18H19NO4. The SMILES string of the molecule is CCOC(=O)[C@H]1[C@H]2C(=O)N(Cc3ccccc3)C[C@]23C=C[C@H]1O3. The summed E-state index contributed by atoms with van der Waals surface area (Å²) in [5, 5.41) is 0. The topological polar surface area (TPSA) is 55.8 Å². The van der Waals surface area contributed by atoms with E-state index >= 15 is 0 Å². The number of nitrogens with zero attached hydrogens (tertiary/aromatic N) is 1. The molecule has 3 aliphatic heterocycles. The first-order chi connectivity index (χ1) is 11.1. The van der Waals surface area contributed by atoms with Gasteiger partial charge in [0.15, 0.2) is 0 Å². The van der Waals surface area contributed by atoms with Crippen molar-refractivity contribution >= 4 is 11.9 Å². The molecule has 2 bridgehead atoms. The molecule has 2 fully saturated rings. The molecule has 3 heterocycles. The van der Waals surface area contributed by atoms with E-state index in [1.165, 1.54) is 0 Å². The van der Waals surface area contributed by atoms with Crippen molar-refractivity contribution < 1.29 is 19.1 Å². The van der Waals surface area contributed by atoms with Crippen LogP contribution in [-0.4, -0.2) is 41.6 Å². The van der Waals surface area contributed by atoms with Crippen LogP contribution in [0, 0.1) is 11.8 Å². The summed E-state index contributed by atoms with van der Waals surface area (Å²) < 4.78 is 11.2. The summed E-state index contributed by atoms with van der Waals surface area (Å²) >= 11 is 0. The molecule has 120 valence electrons. The maximum atomic E-state index is 12.9. The first-order valence-corrected chi connectivity index (χ1v) is 8.01. The maximum Gasteiger partial charge on any atom is 0.312 e. The van der Waals surface area contributed by atoms with Crippen LogP contribution in [0.5, 0.6) is 0 Å². The van der Waals surface area contributed by atoms with Crippen molar-refractivity contribution in [3.8, 4) is 0 Å². The van der Waals surface area contributed by atoms with E-state index in [2.05, 4.69) is 0 Å². The van der Waals surface area contributed by atoms with Crippen LogP contribution in [0.25, 0.3) is 0 Å². The van der Waals surface area contributed by atoms with Crippen LogP contribution < -0.4 is 0 Å². The fraction of sp³-hybridized carbons (Fsp3) is 0.444. The van der Waals surface area contributed by atoms with Crippen molar-refractivity contribution in [2.75, 3.05) is 13.2 Å². The second kappa shape index (κ2) is 5.20. The number of rotatable bonds is 4. The first-order valence-electron chi connectivity index (χ1n) is 8.01. The summed E-state index contributed by atoms with van der Waals surface area (Å²) in [5.74, 6) is -1.32. The molecule has 1 aromatic rings. The monoisotopic (exact) mass is 313 g/mol. The van der Waals surface area contributed by atoms with Crippen molar-refractivity contribution in [2.45, 2.75) is 25.2 Å². The number of amides is 1. The second-order valence-electron chi connectivity index (χ2n) is 6.33. The minimum atomic E-state index is -0.659. The summed E-state index contributed by atoms with van der Waals surface area (Å²) in [4.78, 5) is 27.0. The fourth-order valence-electron chi connectivity index (χ4n) is 4.02. The van der Waals surface area contributed by atoms with E-state index in [-0.39, 0.29) is 18.0 Å². The van der Waals surface area contributed by atoms with E-state index in [0.29, 0.717) is 19.7 Å². The summed E-state index contributed by atoms with van der Waals surface area (Å²) in [5.41, 5.74) is 0.414. The number of hydrogen-bond acceptors (Lipinski definition) is 4. The highest BCUT2D eigenvalue weighted by molar-refractivity contribution is 5.91. The highest BCUT2D eigenvalue weighted by Gasteiger charge is 2.67. The largest absolute Gasteiger partial charge is 0.466 e. The van der Waals surface area contributed by atoms with Gasteiger partial charge in [0.05, 0.1) is 25.2 Å². The van der Waals surface area contributed by atoms with Gasteiger partial charge < -0.3 is 14.4 Å². The molecular weight excluding hydrogens is 294 g/mol. The van der Waals surface area contributed by atoms with Gasteiger partial charge in [-0.05, 0) is 12.5 Å². The summed E-state index contributed by atoms with van der Waals surface area (Å²) in [7, 11) is 0. The van der Waals surface area contributed by atoms with Crippen LogP contribution in [0.2, 0.25) is 0 Å². The Kier molecular flexibility index (Phi) is 3.27. The molecule has 3 aliphatic rings. The number of ether oxygens (including phenoxy) is 2. The fourth-order valence-corrected chi connectivity index (χ4v) is 4.02. The molecule has 5 heteroatoms. The van der Waals surface area contributed by atoms with Crippen LogP contribution in [-0.2, 0) is 25.6 Å².